The number of nitrogens with one attached hydrogen (secondary N) is 4. The van der Waals surface area contributed by atoms with Crippen LogP contribution in [0.3, 0.4) is 0 Å². The van der Waals surface area contributed by atoms with Crippen molar-refractivity contribution in [2.24, 2.45) is 10.5 Å². The molecule has 5 rings (SSSR count). The number of rotatable bonds is 4. The lowest BCUT2D eigenvalue weighted by Gasteiger charge is -2.31. The van der Waals surface area contributed by atoms with Crippen molar-refractivity contribution in [1.82, 2.24) is 21.4 Å². The summed E-state index contributed by atoms with van der Waals surface area (Å²) in [6.45, 7) is 3.83. The number of allylic oxidation sites excluding steroid dienone is 5. The molecule has 4 N–H and O–H groups in total. The predicted octanol–water partition coefficient (Wildman–Crippen LogP) is 3.86. The maximum Gasteiger partial charge on any atom is 0.319 e. The minimum Gasteiger partial charge on any atom is -0.327 e. The zero-order valence-corrected chi connectivity index (χ0v) is 18.5. The molecule has 3 amide bonds. The van der Waals surface area contributed by atoms with Gasteiger partial charge >= 0.3 is 6.03 Å². The minimum atomic E-state index is -0.567. The molecule has 0 saturated carbocycles. The fraction of sp³-hybridized carbons (Fsp3) is 0.192. The minimum absolute atomic E-state index is 0.246. The van der Waals surface area contributed by atoms with Crippen LogP contribution in [-0.2, 0) is 4.79 Å². The lowest BCUT2D eigenvalue weighted by molar-refractivity contribution is -0.117. The van der Waals surface area contributed by atoms with E-state index in [1.54, 1.807) is 6.92 Å². The summed E-state index contributed by atoms with van der Waals surface area (Å²) in [5, 5.41) is 12.9. The van der Waals surface area contributed by atoms with E-state index in [1.807, 2.05) is 73.0 Å². The number of urea groups is 1. The van der Waals surface area contributed by atoms with Crippen LogP contribution in [0, 0.1) is 5.41 Å². The van der Waals surface area contributed by atoms with Crippen molar-refractivity contribution in [2.75, 3.05) is 0 Å². The van der Waals surface area contributed by atoms with E-state index in [-0.39, 0.29) is 17.4 Å². The van der Waals surface area contributed by atoms with Gasteiger partial charge in [-0.1, -0.05) is 48.5 Å². The molecule has 0 bridgehead atoms. The molecule has 1 aliphatic carbocycles. The molecule has 2 aromatic carbocycles. The van der Waals surface area contributed by atoms with Gasteiger partial charge in [-0.25, -0.2) is 4.79 Å². The Kier molecular flexibility index (Phi) is 5.09. The van der Waals surface area contributed by atoms with Gasteiger partial charge in [0.1, 0.15) is 0 Å². The van der Waals surface area contributed by atoms with Crippen LogP contribution in [0.1, 0.15) is 31.9 Å². The normalized spacial score (nSPS) is 23.6. The molecule has 3 aliphatic rings. The molecule has 2 aliphatic heterocycles. The lowest BCUT2D eigenvalue weighted by atomic mass is 9.81. The molecular weight excluding hydrogens is 414 g/mol. The van der Waals surface area contributed by atoms with Crippen molar-refractivity contribution >= 4 is 18.2 Å². The van der Waals surface area contributed by atoms with Crippen molar-refractivity contribution < 1.29 is 9.59 Å². The SMILES string of the molecule is CC1=C(C(=O)NC2=CC=C3NN=CC3(C)C2)C(c2cccc(-c3ccccc3)c2)NC(=O)N1. The third kappa shape index (κ3) is 3.93. The van der Waals surface area contributed by atoms with Crippen LogP contribution in [0.15, 0.2) is 94.5 Å². The molecule has 2 atom stereocenters. The van der Waals surface area contributed by atoms with E-state index < -0.39 is 6.04 Å². The van der Waals surface area contributed by atoms with E-state index in [2.05, 4.69) is 33.4 Å². The molecule has 2 aromatic rings. The number of benzene rings is 2. The van der Waals surface area contributed by atoms with Gasteiger partial charge < -0.3 is 16.0 Å². The van der Waals surface area contributed by atoms with Gasteiger partial charge in [-0.3, -0.25) is 10.2 Å². The molecule has 0 aromatic heterocycles. The van der Waals surface area contributed by atoms with E-state index in [1.165, 1.54) is 0 Å². The van der Waals surface area contributed by atoms with Crippen LogP contribution in [0.2, 0.25) is 0 Å². The standard InChI is InChI=1S/C26H25N5O2/c1-16-22(24(32)29-20-11-12-21-26(2,14-20)15-27-31-21)23(30-25(33)28-16)19-10-6-9-18(13-19)17-7-4-3-5-8-17/h3-13,15,23,31H,14H2,1-2H3,(H,29,32)(H2,28,30,33). The largest absolute Gasteiger partial charge is 0.327 e. The Bertz CT molecular complexity index is 1260. The second-order valence-electron chi connectivity index (χ2n) is 8.75. The Morgan fingerprint density at radius 3 is 2.70 bits per heavy atom. The van der Waals surface area contributed by atoms with Gasteiger partial charge in [0.2, 0.25) is 0 Å². The highest BCUT2D eigenvalue weighted by Gasteiger charge is 2.36. The van der Waals surface area contributed by atoms with Gasteiger partial charge in [0, 0.05) is 29.7 Å². The third-order valence-electron chi connectivity index (χ3n) is 6.27. The number of carbonyl (C=O) groups is 2. The Morgan fingerprint density at radius 2 is 1.88 bits per heavy atom. The Hall–Kier alpha value is -4.13. The molecule has 2 unspecified atom stereocenters. The van der Waals surface area contributed by atoms with Gasteiger partial charge in [0.15, 0.2) is 0 Å². The second-order valence-corrected chi connectivity index (χ2v) is 8.75. The summed E-state index contributed by atoms with van der Waals surface area (Å²) in [4.78, 5) is 25.8. The molecule has 7 nitrogen and oxygen atoms in total. The summed E-state index contributed by atoms with van der Waals surface area (Å²) in [5.74, 6) is -0.246. The second kappa shape index (κ2) is 8.09. The smallest absolute Gasteiger partial charge is 0.319 e. The summed E-state index contributed by atoms with van der Waals surface area (Å²) in [5.41, 5.74) is 8.51. The monoisotopic (exact) mass is 439 g/mol. The first-order chi connectivity index (χ1) is 15.9. The van der Waals surface area contributed by atoms with Gasteiger partial charge in [-0.2, -0.15) is 5.10 Å². The van der Waals surface area contributed by atoms with Crippen molar-refractivity contribution in [2.45, 2.75) is 26.3 Å². The number of hydrogen-bond acceptors (Lipinski definition) is 4. The first-order valence-corrected chi connectivity index (χ1v) is 10.9. The van der Waals surface area contributed by atoms with E-state index >= 15 is 0 Å². The quantitative estimate of drug-likeness (QED) is 0.583. The maximum absolute atomic E-state index is 13.4. The van der Waals surface area contributed by atoms with Crippen molar-refractivity contribution in [1.29, 1.82) is 0 Å². The number of hydrazone groups is 1. The molecular formula is C26H25N5O2. The van der Waals surface area contributed by atoms with E-state index in [4.69, 9.17) is 0 Å². The van der Waals surface area contributed by atoms with Crippen LogP contribution in [0.25, 0.3) is 11.1 Å². The van der Waals surface area contributed by atoms with Crippen LogP contribution >= 0.6 is 0 Å². The molecule has 7 heteroatoms. The zero-order valence-electron chi connectivity index (χ0n) is 18.5. The highest BCUT2D eigenvalue weighted by atomic mass is 16.2. The fourth-order valence-electron chi connectivity index (χ4n) is 4.52. The number of carbonyl (C=O) groups excluding carboxylic acids is 2. The Morgan fingerprint density at radius 1 is 1.09 bits per heavy atom. The number of amides is 3. The fourth-order valence-corrected chi connectivity index (χ4v) is 4.52. The zero-order chi connectivity index (χ0) is 23.0. The predicted molar refractivity (Wildman–Crippen MR) is 128 cm³/mol. The van der Waals surface area contributed by atoms with Gasteiger partial charge in [-0.05, 0) is 48.8 Å². The molecule has 0 fully saturated rings. The summed E-state index contributed by atoms with van der Waals surface area (Å²) >= 11 is 0. The van der Waals surface area contributed by atoms with Crippen LogP contribution in [0.4, 0.5) is 4.79 Å². The third-order valence-corrected chi connectivity index (χ3v) is 6.27. The Labute approximate surface area is 192 Å². The summed E-state index contributed by atoms with van der Waals surface area (Å²) in [7, 11) is 0. The number of fused-ring (bicyclic) bond motifs is 1. The average Bonchev–Trinajstić information content (AvgIpc) is 3.19. The highest BCUT2D eigenvalue weighted by Crippen LogP contribution is 2.37. The first-order valence-electron chi connectivity index (χ1n) is 10.9. The Balaban J connectivity index is 1.45. The summed E-state index contributed by atoms with van der Waals surface area (Å²) in [6.07, 6.45) is 6.33. The average molecular weight is 440 g/mol. The van der Waals surface area contributed by atoms with Crippen LogP contribution in [-0.4, -0.2) is 18.2 Å². The molecule has 0 spiro atoms. The van der Waals surface area contributed by atoms with Gasteiger partial charge in [0.05, 0.1) is 17.0 Å². The molecule has 33 heavy (non-hydrogen) atoms. The van der Waals surface area contributed by atoms with Crippen LogP contribution in [0.5, 0.6) is 0 Å². The van der Waals surface area contributed by atoms with E-state index in [0.717, 1.165) is 28.1 Å². The topological polar surface area (TPSA) is 94.6 Å². The summed E-state index contributed by atoms with van der Waals surface area (Å²) in [6, 6.07) is 17.0. The lowest BCUT2D eigenvalue weighted by Crippen LogP contribution is -2.47. The first kappa shape index (κ1) is 20.8. The van der Waals surface area contributed by atoms with E-state index in [0.29, 0.717) is 17.7 Å². The molecule has 0 saturated heterocycles. The van der Waals surface area contributed by atoms with Crippen LogP contribution < -0.4 is 21.4 Å². The molecule has 2 heterocycles. The highest BCUT2D eigenvalue weighted by molar-refractivity contribution is 5.99. The molecule has 0 radical (unpaired) electrons. The van der Waals surface area contributed by atoms with Gasteiger partial charge in [0.25, 0.3) is 5.91 Å². The van der Waals surface area contributed by atoms with Crippen molar-refractivity contribution in [3.05, 3.63) is 95.0 Å². The number of hydrogen-bond donors (Lipinski definition) is 4. The molecule has 166 valence electrons. The van der Waals surface area contributed by atoms with Crippen molar-refractivity contribution in [3.63, 3.8) is 0 Å². The maximum atomic E-state index is 13.4. The van der Waals surface area contributed by atoms with Crippen molar-refractivity contribution in [3.8, 4) is 11.1 Å². The summed E-state index contributed by atoms with van der Waals surface area (Å²) < 4.78 is 0. The number of nitrogens with zero attached hydrogens (tertiary/aromatic N) is 1. The van der Waals surface area contributed by atoms with Gasteiger partial charge in [-0.15, -0.1) is 0 Å². The van der Waals surface area contributed by atoms with E-state index in [9.17, 15) is 9.59 Å².